The zero-order valence-corrected chi connectivity index (χ0v) is 15.5. The molecule has 1 aliphatic heterocycles. The number of hydrogen-bond acceptors (Lipinski definition) is 4. The lowest BCUT2D eigenvalue weighted by Gasteiger charge is -2.32. The zero-order chi connectivity index (χ0) is 18.9. The van der Waals surface area contributed by atoms with Crippen molar-refractivity contribution < 1.29 is 23.9 Å². The molecule has 1 aliphatic rings. The molecule has 0 aromatic heterocycles. The minimum atomic E-state index is -1.02. The maximum absolute atomic E-state index is 11.5. The van der Waals surface area contributed by atoms with E-state index in [1.165, 1.54) is 6.07 Å². The second kappa shape index (κ2) is 6.78. The first kappa shape index (κ1) is 18.5. The van der Waals surface area contributed by atoms with Crippen LogP contribution in [0, 0.1) is 0 Å². The first-order valence-electron chi connectivity index (χ1n) is 8.59. The SMILES string of the molecule is CC1(C)OB(c2cc(OCc3ccccc3)cc(C(=O)O)c2)OC1(C)C. The number of hydrogen-bond donors (Lipinski definition) is 1. The van der Waals surface area contributed by atoms with Crippen LogP contribution < -0.4 is 10.2 Å². The number of benzene rings is 2. The van der Waals surface area contributed by atoms with Crippen LogP contribution in [-0.2, 0) is 15.9 Å². The van der Waals surface area contributed by atoms with Crippen molar-refractivity contribution in [1.29, 1.82) is 0 Å². The molecule has 5 nitrogen and oxygen atoms in total. The van der Waals surface area contributed by atoms with E-state index in [1.807, 2.05) is 58.0 Å². The molecule has 1 N–H and O–H groups in total. The summed E-state index contributed by atoms with van der Waals surface area (Å²) in [7, 11) is -0.640. The number of ether oxygens (including phenoxy) is 1. The van der Waals surface area contributed by atoms with Gasteiger partial charge in [0.15, 0.2) is 0 Å². The summed E-state index contributed by atoms with van der Waals surface area (Å²) in [6, 6.07) is 14.6. The van der Waals surface area contributed by atoms with E-state index in [-0.39, 0.29) is 5.56 Å². The number of carbonyl (C=O) groups is 1. The highest BCUT2D eigenvalue weighted by Crippen LogP contribution is 2.36. The quantitative estimate of drug-likeness (QED) is 0.835. The third kappa shape index (κ3) is 3.76. The van der Waals surface area contributed by atoms with E-state index in [4.69, 9.17) is 14.0 Å². The maximum atomic E-state index is 11.5. The first-order chi connectivity index (χ1) is 12.2. The standard InChI is InChI=1S/C20H23BO5/c1-19(2)20(3,4)26-21(25-19)16-10-15(18(22)23)11-17(12-16)24-13-14-8-6-5-7-9-14/h5-12H,13H2,1-4H3,(H,22,23). The molecule has 1 saturated heterocycles. The molecule has 0 saturated carbocycles. The van der Waals surface area contributed by atoms with Crippen molar-refractivity contribution in [2.75, 3.05) is 0 Å². The highest BCUT2D eigenvalue weighted by Gasteiger charge is 2.51. The largest absolute Gasteiger partial charge is 0.494 e. The van der Waals surface area contributed by atoms with Gasteiger partial charge in [-0.15, -0.1) is 0 Å². The Bertz CT molecular complexity index is 785. The first-order valence-corrected chi connectivity index (χ1v) is 8.59. The summed E-state index contributed by atoms with van der Waals surface area (Å²) in [5.74, 6) is -0.550. The van der Waals surface area contributed by atoms with Gasteiger partial charge in [-0.2, -0.15) is 0 Å². The van der Waals surface area contributed by atoms with Crippen molar-refractivity contribution in [3.8, 4) is 5.75 Å². The molecule has 0 radical (unpaired) electrons. The lowest BCUT2D eigenvalue weighted by Crippen LogP contribution is -2.41. The van der Waals surface area contributed by atoms with Crippen LogP contribution in [0.2, 0.25) is 0 Å². The Morgan fingerprint density at radius 1 is 1.04 bits per heavy atom. The number of carboxylic acid groups (broad SMARTS) is 1. The smallest absolute Gasteiger partial charge is 0.489 e. The highest BCUT2D eigenvalue weighted by molar-refractivity contribution is 6.62. The van der Waals surface area contributed by atoms with E-state index in [9.17, 15) is 9.90 Å². The normalized spacial score (nSPS) is 17.9. The molecule has 136 valence electrons. The van der Waals surface area contributed by atoms with Crippen LogP contribution in [0.4, 0.5) is 0 Å². The van der Waals surface area contributed by atoms with Gasteiger partial charge >= 0.3 is 13.1 Å². The molecule has 0 bridgehead atoms. The van der Waals surface area contributed by atoms with Crippen molar-refractivity contribution in [3.05, 3.63) is 59.7 Å². The Morgan fingerprint density at radius 3 is 2.23 bits per heavy atom. The fourth-order valence-electron chi connectivity index (χ4n) is 2.69. The van der Waals surface area contributed by atoms with Crippen molar-refractivity contribution in [1.82, 2.24) is 0 Å². The van der Waals surface area contributed by atoms with Gasteiger partial charge in [-0.05, 0) is 56.9 Å². The average molecular weight is 354 g/mol. The summed E-state index contributed by atoms with van der Waals surface area (Å²) < 4.78 is 17.9. The zero-order valence-electron chi connectivity index (χ0n) is 15.5. The second-order valence-corrected chi connectivity index (χ2v) is 7.46. The molecule has 6 heteroatoms. The van der Waals surface area contributed by atoms with Gasteiger partial charge < -0.3 is 19.2 Å². The van der Waals surface area contributed by atoms with Gasteiger partial charge in [-0.3, -0.25) is 0 Å². The molecule has 0 atom stereocenters. The second-order valence-electron chi connectivity index (χ2n) is 7.46. The third-order valence-corrected chi connectivity index (χ3v) is 4.95. The molecular weight excluding hydrogens is 331 g/mol. The Morgan fingerprint density at radius 2 is 1.65 bits per heavy atom. The number of rotatable bonds is 5. The van der Waals surface area contributed by atoms with Gasteiger partial charge in [0.05, 0.1) is 16.8 Å². The molecule has 0 aliphatic carbocycles. The van der Waals surface area contributed by atoms with Crippen molar-refractivity contribution in [2.24, 2.45) is 0 Å². The molecule has 0 amide bonds. The van der Waals surface area contributed by atoms with E-state index < -0.39 is 24.3 Å². The van der Waals surface area contributed by atoms with E-state index in [1.54, 1.807) is 12.1 Å². The molecule has 2 aromatic rings. The van der Waals surface area contributed by atoms with Gasteiger partial charge in [-0.1, -0.05) is 30.3 Å². The van der Waals surface area contributed by atoms with Gasteiger partial charge in [0.25, 0.3) is 0 Å². The van der Waals surface area contributed by atoms with Crippen LogP contribution in [0.3, 0.4) is 0 Å². The van der Waals surface area contributed by atoms with Gasteiger partial charge in [0, 0.05) is 0 Å². The molecule has 2 aromatic carbocycles. The Balaban J connectivity index is 1.86. The molecular formula is C20H23BO5. The van der Waals surface area contributed by atoms with Gasteiger partial charge in [-0.25, -0.2) is 4.79 Å². The Kier molecular flexibility index (Phi) is 4.82. The third-order valence-electron chi connectivity index (χ3n) is 4.95. The minimum Gasteiger partial charge on any atom is -0.489 e. The summed E-state index contributed by atoms with van der Waals surface area (Å²) in [5.41, 5.74) is 0.779. The van der Waals surface area contributed by atoms with Crippen LogP contribution >= 0.6 is 0 Å². The minimum absolute atomic E-state index is 0.139. The maximum Gasteiger partial charge on any atom is 0.494 e. The molecule has 1 heterocycles. The van der Waals surface area contributed by atoms with Gasteiger partial charge in [0.2, 0.25) is 0 Å². The van der Waals surface area contributed by atoms with Crippen LogP contribution in [0.1, 0.15) is 43.6 Å². The van der Waals surface area contributed by atoms with Crippen molar-refractivity contribution >= 4 is 18.6 Å². The molecule has 1 fully saturated rings. The van der Waals surface area contributed by atoms with Crippen molar-refractivity contribution in [2.45, 2.75) is 45.5 Å². The monoisotopic (exact) mass is 354 g/mol. The Hall–Kier alpha value is -2.31. The number of aromatic carboxylic acids is 1. The molecule has 26 heavy (non-hydrogen) atoms. The summed E-state index contributed by atoms with van der Waals surface area (Å²) >= 11 is 0. The predicted molar refractivity (Wildman–Crippen MR) is 99.9 cm³/mol. The van der Waals surface area contributed by atoms with Crippen LogP contribution in [0.5, 0.6) is 5.75 Å². The predicted octanol–water partition coefficient (Wildman–Crippen LogP) is 3.26. The topological polar surface area (TPSA) is 65.0 Å². The van der Waals surface area contributed by atoms with Gasteiger partial charge in [0.1, 0.15) is 12.4 Å². The number of carboxylic acids is 1. The average Bonchev–Trinajstić information content (AvgIpc) is 2.81. The lowest BCUT2D eigenvalue weighted by molar-refractivity contribution is 0.00578. The van der Waals surface area contributed by atoms with Crippen LogP contribution in [0.15, 0.2) is 48.5 Å². The van der Waals surface area contributed by atoms with E-state index in [2.05, 4.69) is 0 Å². The van der Waals surface area contributed by atoms with Crippen molar-refractivity contribution in [3.63, 3.8) is 0 Å². The summed E-state index contributed by atoms with van der Waals surface area (Å²) in [6.07, 6.45) is 0. The summed E-state index contributed by atoms with van der Waals surface area (Å²) in [5, 5.41) is 9.43. The summed E-state index contributed by atoms with van der Waals surface area (Å²) in [4.78, 5) is 11.5. The van der Waals surface area contributed by atoms with Crippen LogP contribution in [0.25, 0.3) is 0 Å². The fourth-order valence-corrected chi connectivity index (χ4v) is 2.69. The summed E-state index contributed by atoms with van der Waals surface area (Å²) in [6.45, 7) is 8.19. The fraction of sp³-hybridized carbons (Fsp3) is 0.350. The van der Waals surface area contributed by atoms with E-state index >= 15 is 0 Å². The lowest BCUT2D eigenvalue weighted by atomic mass is 9.78. The molecule has 0 unspecified atom stereocenters. The molecule has 0 spiro atoms. The Labute approximate surface area is 154 Å². The van der Waals surface area contributed by atoms with E-state index in [0.29, 0.717) is 17.8 Å². The van der Waals surface area contributed by atoms with E-state index in [0.717, 1.165) is 5.56 Å². The molecule has 3 rings (SSSR count). The highest BCUT2D eigenvalue weighted by atomic mass is 16.7. The van der Waals surface area contributed by atoms with Crippen LogP contribution in [-0.4, -0.2) is 29.4 Å².